The predicted molar refractivity (Wildman–Crippen MR) is 222 cm³/mol. The largest absolute Gasteiger partial charge is 0.435 e. The Labute approximate surface area is 313 Å². The summed E-state index contributed by atoms with van der Waals surface area (Å²) in [6.45, 7) is 0. The fourth-order valence-electron chi connectivity index (χ4n) is 7.53. The first kappa shape index (κ1) is 30.6. The van der Waals surface area contributed by atoms with Crippen molar-refractivity contribution >= 4 is 64.2 Å². The zero-order chi connectivity index (χ0) is 35.6. The van der Waals surface area contributed by atoms with Crippen LogP contribution in [0.25, 0.3) is 110 Å². The van der Waals surface area contributed by atoms with E-state index in [-0.39, 0.29) is 0 Å². The number of rotatable bonds is 5. The normalized spacial score (nSPS) is 11.7. The molecule has 0 saturated carbocycles. The van der Waals surface area contributed by atoms with Crippen molar-refractivity contribution < 1.29 is 4.42 Å². The van der Waals surface area contributed by atoms with Crippen LogP contribution in [0, 0.1) is 0 Å². The molecule has 0 spiro atoms. The first-order valence-corrected chi connectivity index (χ1v) is 18.7. The molecule has 6 heteroatoms. The van der Waals surface area contributed by atoms with Gasteiger partial charge in [0.15, 0.2) is 23.1 Å². The van der Waals surface area contributed by atoms with Crippen molar-refractivity contribution in [2.45, 2.75) is 0 Å². The third-order valence-electron chi connectivity index (χ3n) is 10.2. The smallest absolute Gasteiger partial charge is 0.227 e. The second kappa shape index (κ2) is 12.3. The van der Waals surface area contributed by atoms with Crippen LogP contribution >= 0.6 is 11.3 Å². The zero-order valence-corrected chi connectivity index (χ0v) is 29.6. The van der Waals surface area contributed by atoms with E-state index in [0.29, 0.717) is 23.4 Å². The van der Waals surface area contributed by atoms with Gasteiger partial charge in [0.25, 0.3) is 0 Å². The highest BCUT2D eigenvalue weighted by Crippen LogP contribution is 2.44. The van der Waals surface area contributed by atoms with Crippen molar-refractivity contribution in [1.82, 2.24) is 19.9 Å². The monoisotopic (exact) mass is 708 g/mol. The molecule has 252 valence electrons. The van der Waals surface area contributed by atoms with Crippen molar-refractivity contribution in [2.75, 3.05) is 0 Å². The van der Waals surface area contributed by atoms with E-state index in [4.69, 9.17) is 24.4 Å². The van der Waals surface area contributed by atoms with Gasteiger partial charge in [-0.1, -0.05) is 133 Å². The van der Waals surface area contributed by atoms with Crippen molar-refractivity contribution in [3.05, 3.63) is 170 Å². The van der Waals surface area contributed by atoms with E-state index in [2.05, 4.69) is 109 Å². The van der Waals surface area contributed by atoms with Crippen LogP contribution in [0.15, 0.2) is 174 Å². The van der Waals surface area contributed by atoms with Gasteiger partial charge in [0.1, 0.15) is 5.52 Å². The maximum absolute atomic E-state index is 6.55. The van der Waals surface area contributed by atoms with Crippen molar-refractivity contribution in [1.29, 1.82) is 0 Å². The molecule has 3 aromatic heterocycles. The summed E-state index contributed by atoms with van der Waals surface area (Å²) in [5.74, 6) is 2.49. The van der Waals surface area contributed by atoms with E-state index in [1.807, 2.05) is 60.7 Å². The van der Waals surface area contributed by atoms with Crippen LogP contribution in [-0.2, 0) is 0 Å². The van der Waals surface area contributed by atoms with Crippen molar-refractivity contribution in [3.8, 4) is 56.7 Å². The Kier molecular flexibility index (Phi) is 6.97. The van der Waals surface area contributed by atoms with Crippen LogP contribution < -0.4 is 0 Å². The lowest BCUT2D eigenvalue weighted by Crippen LogP contribution is -2.00. The molecule has 3 heterocycles. The van der Waals surface area contributed by atoms with Crippen LogP contribution in [-0.4, -0.2) is 19.9 Å². The summed E-state index contributed by atoms with van der Waals surface area (Å²) in [6.07, 6.45) is 0. The lowest BCUT2D eigenvalue weighted by atomic mass is 9.97. The summed E-state index contributed by atoms with van der Waals surface area (Å²) in [5, 5.41) is 6.93. The predicted octanol–water partition coefficient (Wildman–Crippen LogP) is 13.0. The fraction of sp³-hybridized carbons (Fsp3) is 0. The summed E-state index contributed by atoms with van der Waals surface area (Å²) in [6, 6.07) is 58.8. The van der Waals surface area contributed by atoms with E-state index in [9.17, 15) is 0 Å². The Hall–Kier alpha value is -7.02. The Morgan fingerprint density at radius 3 is 1.76 bits per heavy atom. The minimum Gasteiger partial charge on any atom is -0.435 e. The second-order valence-corrected chi connectivity index (χ2v) is 14.5. The summed E-state index contributed by atoms with van der Waals surface area (Å²) >= 11 is 1.77. The molecule has 11 aromatic rings. The van der Waals surface area contributed by atoms with Gasteiger partial charge in [-0.3, -0.25) is 0 Å². The third-order valence-corrected chi connectivity index (χ3v) is 11.3. The maximum atomic E-state index is 6.55. The Balaban J connectivity index is 1.08. The number of hydrogen-bond donors (Lipinski definition) is 0. The lowest BCUT2D eigenvalue weighted by Gasteiger charge is -2.11. The summed E-state index contributed by atoms with van der Waals surface area (Å²) in [5.41, 5.74) is 7.72. The first-order valence-electron chi connectivity index (χ1n) is 17.9. The van der Waals surface area contributed by atoms with E-state index in [0.717, 1.165) is 65.2 Å². The van der Waals surface area contributed by atoms with Crippen LogP contribution in [0.2, 0.25) is 0 Å². The average Bonchev–Trinajstić information content (AvgIpc) is 3.86. The third kappa shape index (κ3) is 5.07. The van der Waals surface area contributed by atoms with E-state index < -0.39 is 0 Å². The van der Waals surface area contributed by atoms with Crippen LogP contribution in [0.5, 0.6) is 0 Å². The molecule has 0 aliphatic rings. The van der Waals surface area contributed by atoms with Gasteiger partial charge in [0, 0.05) is 42.4 Å². The summed E-state index contributed by atoms with van der Waals surface area (Å²) in [7, 11) is 0. The topological polar surface area (TPSA) is 64.7 Å². The van der Waals surface area contributed by atoms with Crippen LogP contribution in [0.1, 0.15) is 0 Å². The molecule has 11 rings (SSSR count). The van der Waals surface area contributed by atoms with Gasteiger partial charge in [0.2, 0.25) is 5.89 Å². The molecular formula is C48H28N4OS. The quantitative estimate of drug-likeness (QED) is 0.178. The minimum atomic E-state index is 0.617. The molecule has 0 bridgehead atoms. The van der Waals surface area contributed by atoms with Gasteiger partial charge in [-0.25, -0.2) is 19.9 Å². The van der Waals surface area contributed by atoms with E-state index >= 15 is 0 Å². The van der Waals surface area contributed by atoms with Crippen molar-refractivity contribution in [2.24, 2.45) is 0 Å². The molecule has 54 heavy (non-hydrogen) atoms. The van der Waals surface area contributed by atoms with Crippen molar-refractivity contribution in [3.63, 3.8) is 0 Å². The van der Waals surface area contributed by atoms with Crippen LogP contribution in [0.3, 0.4) is 0 Å². The number of benzene rings is 8. The number of fused-ring (bicyclic) bond motifs is 8. The Bertz CT molecular complexity index is 3200. The number of thiophene rings is 1. The average molecular weight is 709 g/mol. The van der Waals surface area contributed by atoms with Gasteiger partial charge in [-0.2, -0.15) is 0 Å². The van der Waals surface area contributed by atoms with Gasteiger partial charge in [-0.05, 0) is 69.1 Å². The molecule has 5 nitrogen and oxygen atoms in total. The Morgan fingerprint density at radius 2 is 0.963 bits per heavy atom. The molecule has 0 amide bonds. The number of oxazole rings is 1. The maximum Gasteiger partial charge on any atom is 0.227 e. The fourth-order valence-corrected chi connectivity index (χ4v) is 8.65. The second-order valence-electron chi connectivity index (χ2n) is 13.4. The lowest BCUT2D eigenvalue weighted by molar-refractivity contribution is 0.623. The Morgan fingerprint density at radius 1 is 0.389 bits per heavy atom. The summed E-state index contributed by atoms with van der Waals surface area (Å²) < 4.78 is 8.89. The number of aromatic nitrogens is 4. The molecule has 0 atom stereocenters. The molecule has 0 unspecified atom stereocenters. The van der Waals surface area contributed by atoms with E-state index in [1.54, 1.807) is 11.3 Å². The molecule has 0 radical (unpaired) electrons. The van der Waals surface area contributed by atoms with Gasteiger partial charge in [-0.15, -0.1) is 11.3 Å². The highest BCUT2D eigenvalue weighted by molar-refractivity contribution is 7.26. The first-order chi connectivity index (χ1) is 26.7. The molecule has 0 saturated heterocycles. The number of hydrogen-bond acceptors (Lipinski definition) is 6. The van der Waals surface area contributed by atoms with E-state index in [1.165, 1.54) is 21.0 Å². The highest BCUT2D eigenvalue weighted by Gasteiger charge is 2.19. The molecule has 0 aliphatic heterocycles. The summed E-state index contributed by atoms with van der Waals surface area (Å²) in [4.78, 5) is 20.1. The molecule has 0 fully saturated rings. The highest BCUT2D eigenvalue weighted by atomic mass is 32.1. The molecule has 0 N–H and O–H groups in total. The van der Waals surface area contributed by atoms with Gasteiger partial charge >= 0.3 is 0 Å². The SMILES string of the molecule is c1ccc(-c2nc(-c3ccc(-c4cccc5ccccc45)cc3)nc(-c3ccc4ccc5sc6ccc7nc(-c8ccccc8)oc7c6c5c4c3)n2)cc1. The minimum absolute atomic E-state index is 0.617. The molecular weight excluding hydrogens is 681 g/mol. The molecule has 8 aromatic carbocycles. The zero-order valence-electron chi connectivity index (χ0n) is 28.8. The van der Waals surface area contributed by atoms with Gasteiger partial charge < -0.3 is 4.42 Å². The standard InChI is InChI=1S/C48H28N4OS/c1-3-11-32(12-4-1)45-50-46(33-21-18-30(19-22-33)37-17-9-15-29-10-7-8-16-36(29)37)52-47(51-45)35-23-20-31-24-26-40-42(38(31)28-35)43-41(54-40)27-25-39-44(43)53-48(49-39)34-13-5-2-6-14-34/h1-28H. The van der Waals surface area contributed by atoms with Gasteiger partial charge in [0.05, 0.1) is 0 Å². The molecule has 0 aliphatic carbocycles. The van der Waals surface area contributed by atoms with Crippen LogP contribution in [0.4, 0.5) is 0 Å². The number of nitrogens with zero attached hydrogens (tertiary/aromatic N) is 4.